The summed E-state index contributed by atoms with van der Waals surface area (Å²) in [4.78, 5) is 16.9. The lowest BCUT2D eigenvalue weighted by molar-refractivity contribution is -0.133. The highest BCUT2D eigenvalue weighted by atomic mass is 16.5. The average Bonchev–Trinajstić information content (AvgIpc) is 2.68. The van der Waals surface area contributed by atoms with E-state index in [0.29, 0.717) is 18.2 Å². The Morgan fingerprint density at radius 1 is 1.20 bits per heavy atom. The van der Waals surface area contributed by atoms with E-state index in [0.717, 1.165) is 64.5 Å². The number of carbonyl (C=O) groups is 1. The van der Waals surface area contributed by atoms with Gasteiger partial charge in [0.15, 0.2) is 0 Å². The van der Waals surface area contributed by atoms with Crippen LogP contribution in [0, 0.1) is 5.92 Å². The lowest BCUT2D eigenvalue weighted by Crippen LogP contribution is -2.48. The summed E-state index contributed by atoms with van der Waals surface area (Å²) in [6.07, 6.45) is 4.00. The Kier molecular flexibility index (Phi) is 6.70. The van der Waals surface area contributed by atoms with Gasteiger partial charge in [-0.3, -0.25) is 9.69 Å². The van der Waals surface area contributed by atoms with Crippen LogP contribution in [0.4, 0.5) is 0 Å². The van der Waals surface area contributed by atoms with Gasteiger partial charge in [-0.1, -0.05) is 12.1 Å². The topological polar surface area (TPSA) is 42.0 Å². The van der Waals surface area contributed by atoms with Crippen molar-refractivity contribution in [1.29, 1.82) is 0 Å². The maximum Gasteiger partial charge on any atom is 0.222 e. The Balaban J connectivity index is 1.37. The van der Waals surface area contributed by atoms with E-state index in [-0.39, 0.29) is 0 Å². The Hall–Kier alpha value is -1.59. The third-order valence-corrected chi connectivity index (χ3v) is 5.31. The molecule has 1 aromatic rings. The third kappa shape index (κ3) is 5.44. The van der Waals surface area contributed by atoms with Crippen molar-refractivity contribution in [3.05, 3.63) is 29.8 Å². The first-order valence-electron chi connectivity index (χ1n) is 9.45. The van der Waals surface area contributed by atoms with Crippen molar-refractivity contribution in [2.75, 3.05) is 46.5 Å². The highest BCUT2D eigenvalue weighted by Gasteiger charge is 2.22. The molecule has 0 radical (unpaired) electrons. The van der Waals surface area contributed by atoms with Crippen molar-refractivity contribution in [3.63, 3.8) is 0 Å². The maximum atomic E-state index is 12.4. The predicted octanol–water partition coefficient (Wildman–Crippen LogP) is 2.55. The van der Waals surface area contributed by atoms with Gasteiger partial charge in [-0.05, 0) is 42.9 Å². The quantitative estimate of drug-likeness (QED) is 0.794. The Bertz CT molecular complexity index is 532. The second kappa shape index (κ2) is 9.20. The van der Waals surface area contributed by atoms with Gasteiger partial charge in [0, 0.05) is 52.4 Å². The summed E-state index contributed by atoms with van der Waals surface area (Å²) in [5.74, 6) is 1.78. The molecule has 2 saturated heterocycles. The van der Waals surface area contributed by atoms with E-state index >= 15 is 0 Å². The molecule has 2 fully saturated rings. The zero-order chi connectivity index (χ0) is 17.5. The highest BCUT2D eigenvalue weighted by Crippen LogP contribution is 2.20. The molecule has 2 heterocycles. The van der Waals surface area contributed by atoms with Crippen molar-refractivity contribution in [2.45, 2.75) is 32.2 Å². The van der Waals surface area contributed by atoms with Crippen LogP contribution in [0.3, 0.4) is 0 Å². The van der Waals surface area contributed by atoms with Crippen molar-refractivity contribution in [1.82, 2.24) is 9.80 Å². The van der Waals surface area contributed by atoms with Crippen LogP contribution in [0.15, 0.2) is 24.3 Å². The standard InChI is InChI=1S/C20H30N2O3/c1-24-19-7-4-17(5-8-19)15-21-10-12-22(13-11-21)20(23)9-6-18-3-2-14-25-16-18/h4-5,7-8,18H,2-3,6,9-16H2,1H3/t18-/m1/s1. The highest BCUT2D eigenvalue weighted by molar-refractivity contribution is 5.76. The zero-order valence-corrected chi connectivity index (χ0v) is 15.3. The van der Waals surface area contributed by atoms with E-state index in [4.69, 9.17) is 9.47 Å². The van der Waals surface area contributed by atoms with Gasteiger partial charge in [-0.2, -0.15) is 0 Å². The first-order chi connectivity index (χ1) is 12.2. The minimum Gasteiger partial charge on any atom is -0.497 e. The maximum absolute atomic E-state index is 12.4. The monoisotopic (exact) mass is 346 g/mol. The predicted molar refractivity (Wildman–Crippen MR) is 97.6 cm³/mol. The molecule has 5 nitrogen and oxygen atoms in total. The molecule has 3 rings (SSSR count). The van der Waals surface area contributed by atoms with Gasteiger partial charge in [-0.15, -0.1) is 0 Å². The van der Waals surface area contributed by atoms with Crippen LogP contribution >= 0.6 is 0 Å². The summed E-state index contributed by atoms with van der Waals surface area (Å²) in [6.45, 7) is 6.25. The molecule has 2 aliphatic rings. The van der Waals surface area contributed by atoms with Gasteiger partial charge in [0.05, 0.1) is 7.11 Å². The average molecular weight is 346 g/mol. The molecule has 0 bridgehead atoms. The van der Waals surface area contributed by atoms with Crippen LogP contribution in [0.1, 0.15) is 31.2 Å². The minimum atomic E-state index is 0.315. The van der Waals surface area contributed by atoms with E-state index in [1.165, 1.54) is 12.0 Å². The summed E-state index contributed by atoms with van der Waals surface area (Å²) in [5.41, 5.74) is 1.29. The first kappa shape index (κ1) is 18.2. The van der Waals surface area contributed by atoms with Crippen LogP contribution < -0.4 is 4.74 Å². The molecular weight excluding hydrogens is 316 g/mol. The fourth-order valence-corrected chi connectivity index (χ4v) is 3.67. The molecule has 0 saturated carbocycles. The number of hydrogen-bond acceptors (Lipinski definition) is 4. The van der Waals surface area contributed by atoms with E-state index in [9.17, 15) is 4.79 Å². The number of piperazine rings is 1. The number of hydrogen-bond donors (Lipinski definition) is 0. The van der Waals surface area contributed by atoms with Crippen molar-refractivity contribution < 1.29 is 14.3 Å². The van der Waals surface area contributed by atoms with E-state index < -0.39 is 0 Å². The van der Waals surface area contributed by atoms with Crippen LogP contribution in [-0.2, 0) is 16.1 Å². The SMILES string of the molecule is COc1ccc(CN2CCN(C(=O)CC[C@H]3CCCOC3)CC2)cc1. The van der Waals surface area contributed by atoms with Crippen LogP contribution in [0.25, 0.3) is 0 Å². The van der Waals surface area contributed by atoms with Gasteiger partial charge < -0.3 is 14.4 Å². The molecule has 1 atom stereocenters. The largest absolute Gasteiger partial charge is 0.497 e. The van der Waals surface area contributed by atoms with Crippen LogP contribution in [0.2, 0.25) is 0 Å². The molecule has 0 unspecified atom stereocenters. The van der Waals surface area contributed by atoms with Gasteiger partial charge in [-0.25, -0.2) is 0 Å². The fourth-order valence-electron chi connectivity index (χ4n) is 3.67. The number of benzene rings is 1. The summed E-state index contributed by atoms with van der Waals surface area (Å²) in [7, 11) is 1.69. The fraction of sp³-hybridized carbons (Fsp3) is 0.650. The Morgan fingerprint density at radius 3 is 2.60 bits per heavy atom. The van der Waals surface area contributed by atoms with Gasteiger partial charge in [0.1, 0.15) is 5.75 Å². The normalized spacial score (nSPS) is 22.0. The molecule has 2 aliphatic heterocycles. The number of rotatable bonds is 6. The van der Waals surface area contributed by atoms with Crippen LogP contribution in [-0.4, -0.2) is 62.2 Å². The van der Waals surface area contributed by atoms with E-state index in [1.807, 2.05) is 17.0 Å². The summed E-state index contributed by atoms with van der Waals surface area (Å²) < 4.78 is 10.7. The van der Waals surface area contributed by atoms with Crippen molar-refractivity contribution in [2.24, 2.45) is 5.92 Å². The van der Waals surface area contributed by atoms with E-state index in [1.54, 1.807) is 7.11 Å². The number of amides is 1. The lowest BCUT2D eigenvalue weighted by Gasteiger charge is -2.35. The minimum absolute atomic E-state index is 0.315. The molecule has 25 heavy (non-hydrogen) atoms. The molecule has 0 aliphatic carbocycles. The lowest BCUT2D eigenvalue weighted by atomic mass is 9.96. The number of ether oxygens (including phenoxy) is 2. The molecule has 0 N–H and O–H groups in total. The zero-order valence-electron chi connectivity index (χ0n) is 15.3. The molecule has 5 heteroatoms. The molecule has 1 aromatic carbocycles. The van der Waals surface area contributed by atoms with Gasteiger partial charge in [0.25, 0.3) is 0 Å². The summed E-state index contributed by atoms with van der Waals surface area (Å²) in [6, 6.07) is 8.24. The smallest absolute Gasteiger partial charge is 0.222 e. The number of nitrogens with zero attached hydrogens (tertiary/aromatic N) is 2. The van der Waals surface area contributed by atoms with Gasteiger partial charge in [0.2, 0.25) is 5.91 Å². The van der Waals surface area contributed by atoms with Crippen molar-refractivity contribution >= 4 is 5.91 Å². The molecule has 1 amide bonds. The molecule has 0 aromatic heterocycles. The second-order valence-electron chi connectivity index (χ2n) is 7.13. The number of carbonyl (C=O) groups excluding carboxylic acids is 1. The van der Waals surface area contributed by atoms with E-state index in [2.05, 4.69) is 17.0 Å². The second-order valence-corrected chi connectivity index (χ2v) is 7.13. The summed E-state index contributed by atoms with van der Waals surface area (Å²) in [5, 5.41) is 0. The van der Waals surface area contributed by atoms with Crippen LogP contribution in [0.5, 0.6) is 5.75 Å². The third-order valence-electron chi connectivity index (χ3n) is 5.31. The first-order valence-corrected chi connectivity index (χ1v) is 9.45. The Morgan fingerprint density at radius 2 is 1.96 bits per heavy atom. The number of methoxy groups -OCH3 is 1. The van der Waals surface area contributed by atoms with Crippen molar-refractivity contribution in [3.8, 4) is 5.75 Å². The van der Waals surface area contributed by atoms with Gasteiger partial charge >= 0.3 is 0 Å². The molecular formula is C20H30N2O3. The summed E-state index contributed by atoms with van der Waals surface area (Å²) >= 11 is 0. The molecule has 138 valence electrons. The Labute approximate surface area is 150 Å². The molecule has 0 spiro atoms.